The number of para-hydroxylation sites is 4. The van der Waals surface area contributed by atoms with E-state index in [9.17, 15) is 40.2 Å². The van der Waals surface area contributed by atoms with Gasteiger partial charge in [-0.2, -0.15) is 41.4 Å². The molecule has 0 radical (unpaired) electrons. The summed E-state index contributed by atoms with van der Waals surface area (Å²) in [7, 11) is 0. The average molecular weight is 1470 g/mol. The number of nitrogens with zero attached hydrogens (tertiary/aromatic N) is 12. The first-order valence-electron chi connectivity index (χ1n) is 35.9. The molecular weight excluding hydrogens is 1380 g/mol. The Morgan fingerprint density at radius 1 is 0.333 bits per heavy atom. The van der Waals surface area contributed by atoms with Crippen molar-refractivity contribution < 1.29 is 57.1 Å². The molecule has 4 aromatic heterocycles. The van der Waals surface area contributed by atoms with Gasteiger partial charge in [0.2, 0.25) is 0 Å². The van der Waals surface area contributed by atoms with Crippen molar-refractivity contribution in [3.05, 3.63) is 168 Å². The smallest absolute Gasteiger partial charge is 0.254 e. The Kier molecular flexibility index (Phi) is 22.9. The number of hydrogen-bond donors (Lipinski definition) is 8. The number of nitrogens with one attached hydrogen (secondary N) is 4. The molecule has 0 bridgehead atoms. The van der Waals surface area contributed by atoms with E-state index in [1.54, 1.807) is 43.5 Å². The largest absolute Gasteiger partial charge is 0.365 e. The van der Waals surface area contributed by atoms with E-state index >= 15 is 0 Å². The van der Waals surface area contributed by atoms with Crippen LogP contribution in [0, 0.1) is 69.0 Å². The van der Waals surface area contributed by atoms with Crippen LogP contribution in [0.2, 0.25) is 0 Å². The lowest BCUT2D eigenvalue weighted by atomic mass is 9.81. The second-order valence-corrected chi connectivity index (χ2v) is 27.5. The van der Waals surface area contributed by atoms with Crippen LogP contribution in [0.15, 0.2) is 146 Å². The third-order valence-electron chi connectivity index (χ3n) is 20.7. The summed E-state index contributed by atoms with van der Waals surface area (Å²) < 4.78 is 53.2. The van der Waals surface area contributed by atoms with Crippen molar-refractivity contribution in [1.82, 2.24) is 39.1 Å². The topological polar surface area (TPSA) is 461 Å². The molecule has 4 unspecified atom stereocenters. The molecule has 16 rings (SSSR count). The zero-order valence-electron chi connectivity index (χ0n) is 59.2. The summed E-state index contributed by atoms with van der Waals surface area (Å²) in [6, 6.07) is 46.1. The number of aromatic nitrogens is 8. The SMILES string of the molecule is N#C[C@H]1CCC2(CC1n1cc(C(N)=O)c(Nc3ccccc3)n1)OCCO2.N#C[C@H]1CCC2(CC1n1cc(C(N)=O)c(Nc3ccccc3)n1)OCCO2.N#C[C@H]1CCC2(CC1n1cc(C(N)=O)c(Nc3ccccc3)n1)OCCO2.N#C[C@H]1CCC2(CC1n1cc(C(N)=O)c(Nc3ccccc3)n1)OCCO2. The van der Waals surface area contributed by atoms with E-state index in [0.717, 1.165) is 22.7 Å². The summed E-state index contributed by atoms with van der Waals surface area (Å²) in [6.07, 6.45) is 13.8. The third-order valence-corrected chi connectivity index (χ3v) is 20.7. The molecule has 4 saturated carbocycles. The van der Waals surface area contributed by atoms with E-state index in [4.69, 9.17) is 60.8 Å². The van der Waals surface area contributed by atoms with Gasteiger partial charge in [0, 0.05) is 98.9 Å². The number of carbonyl (C=O) groups is 4. The van der Waals surface area contributed by atoms with Crippen LogP contribution in [-0.4, -0.2) is 139 Å². The molecule has 32 nitrogen and oxygen atoms in total. The minimum atomic E-state index is -0.663. The normalized spacial score (nSPS) is 23.8. The van der Waals surface area contributed by atoms with Crippen LogP contribution in [-0.2, 0) is 37.9 Å². The highest BCUT2D eigenvalue weighted by atomic mass is 16.8. The van der Waals surface area contributed by atoms with Gasteiger partial charge < -0.3 is 82.1 Å². The van der Waals surface area contributed by atoms with Crippen LogP contribution in [0.1, 0.15) is 143 Å². The van der Waals surface area contributed by atoms with Gasteiger partial charge in [0.1, 0.15) is 22.3 Å². The molecule has 4 aliphatic heterocycles. The van der Waals surface area contributed by atoms with Gasteiger partial charge in [0.15, 0.2) is 46.4 Å². The maximum atomic E-state index is 11.9. The van der Waals surface area contributed by atoms with Crippen molar-refractivity contribution in [2.24, 2.45) is 46.6 Å². The summed E-state index contributed by atoms with van der Waals surface area (Å²) >= 11 is 0. The van der Waals surface area contributed by atoms with Crippen molar-refractivity contribution in [2.45, 2.75) is 124 Å². The molecule has 8 fully saturated rings. The Bertz CT molecular complexity index is 4050. The van der Waals surface area contributed by atoms with Crippen LogP contribution in [0.5, 0.6) is 0 Å². The summed E-state index contributed by atoms with van der Waals surface area (Å²) in [5, 5.41) is 69.1. The first-order valence-corrected chi connectivity index (χ1v) is 35.9. The zero-order valence-corrected chi connectivity index (χ0v) is 59.2. The number of carbonyl (C=O) groups excluding carboxylic acids is 4. The maximum absolute atomic E-state index is 11.9. The van der Waals surface area contributed by atoms with Gasteiger partial charge in [-0.25, -0.2) is 0 Å². The van der Waals surface area contributed by atoms with Gasteiger partial charge in [-0.3, -0.25) is 37.9 Å². The highest BCUT2D eigenvalue weighted by Crippen LogP contribution is 2.49. The Hall–Kier alpha value is -11.6. The van der Waals surface area contributed by atoms with Crippen molar-refractivity contribution in [2.75, 3.05) is 74.1 Å². The molecule has 108 heavy (non-hydrogen) atoms. The lowest BCUT2D eigenvalue weighted by molar-refractivity contribution is -0.190. The molecule has 4 amide bonds. The van der Waals surface area contributed by atoms with E-state index in [2.05, 4.69) is 65.9 Å². The predicted molar refractivity (Wildman–Crippen MR) is 388 cm³/mol. The molecule has 12 N–H and O–H groups in total. The molecule has 560 valence electrons. The molecule has 4 aliphatic carbocycles. The van der Waals surface area contributed by atoms with E-state index in [1.807, 2.05) is 121 Å². The quantitative estimate of drug-likeness (QED) is 0.0446. The van der Waals surface area contributed by atoms with E-state index < -0.39 is 46.8 Å². The fourth-order valence-electron chi connectivity index (χ4n) is 15.2. The van der Waals surface area contributed by atoms with Gasteiger partial charge >= 0.3 is 0 Å². The molecule has 4 saturated heterocycles. The molecule has 4 aromatic carbocycles. The summed E-state index contributed by atoms with van der Waals surface area (Å²) in [6.45, 7) is 4.42. The molecule has 8 aliphatic rings. The molecule has 4 spiro atoms. The van der Waals surface area contributed by atoms with Crippen LogP contribution >= 0.6 is 0 Å². The monoisotopic (exact) mass is 1470 g/mol. The zero-order chi connectivity index (χ0) is 75.4. The summed E-state index contributed by atoms with van der Waals surface area (Å²) in [5.41, 5.74) is 26.5. The van der Waals surface area contributed by atoms with Gasteiger partial charge in [-0.1, -0.05) is 72.8 Å². The molecule has 8 heterocycles. The van der Waals surface area contributed by atoms with Crippen molar-refractivity contribution >= 4 is 69.6 Å². The van der Waals surface area contributed by atoms with Crippen LogP contribution in [0.25, 0.3) is 0 Å². The number of nitrogens with two attached hydrogens (primary N) is 4. The third kappa shape index (κ3) is 17.0. The van der Waals surface area contributed by atoms with Gasteiger partial charge in [-0.05, 0) is 74.2 Å². The number of benzene rings is 4. The second-order valence-electron chi connectivity index (χ2n) is 27.5. The lowest BCUT2D eigenvalue weighted by Gasteiger charge is -2.38. The maximum Gasteiger partial charge on any atom is 0.254 e. The summed E-state index contributed by atoms with van der Waals surface area (Å²) in [5.74, 6) is -4.43. The second kappa shape index (κ2) is 33.1. The number of amides is 4. The molecule has 8 atom stereocenters. The summed E-state index contributed by atoms with van der Waals surface area (Å²) in [4.78, 5) is 47.7. The fraction of sp³-hybridized carbons (Fsp3) is 0.421. The Labute approximate surface area is 622 Å². The number of hydrogen-bond acceptors (Lipinski definition) is 24. The van der Waals surface area contributed by atoms with Crippen LogP contribution in [0.4, 0.5) is 46.0 Å². The van der Waals surface area contributed by atoms with Crippen LogP contribution < -0.4 is 44.2 Å². The number of ether oxygens (including phenoxy) is 8. The number of rotatable bonds is 16. The van der Waals surface area contributed by atoms with E-state index in [0.29, 0.717) is 153 Å². The van der Waals surface area contributed by atoms with Crippen LogP contribution in [0.3, 0.4) is 0 Å². The minimum Gasteiger partial charge on any atom is -0.365 e. The van der Waals surface area contributed by atoms with Crippen molar-refractivity contribution in [3.63, 3.8) is 0 Å². The number of anilines is 8. The Morgan fingerprint density at radius 3 is 0.685 bits per heavy atom. The molecular formula is C76H84N20O12. The predicted octanol–water partition coefficient (Wildman–Crippen LogP) is 9.33. The van der Waals surface area contributed by atoms with Gasteiger partial charge in [0.25, 0.3) is 23.6 Å². The fourth-order valence-corrected chi connectivity index (χ4v) is 15.2. The van der Waals surface area contributed by atoms with E-state index in [1.165, 1.54) is 0 Å². The Morgan fingerprint density at radius 2 is 0.519 bits per heavy atom. The number of nitriles is 4. The van der Waals surface area contributed by atoms with E-state index in [-0.39, 0.29) is 70.1 Å². The van der Waals surface area contributed by atoms with Gasteiger partial charge in [0.05, 0.1) is 125 Å². The molecule has 8 aromatic rings. The molecule has 32 heteroatoms. The lowest BCUT2D eigenvalue weighted by Crippen LogP contribution is -2.41. The average Bonchev–Trinajstić information content (AvgIpc) is 1.62. The highest BCUT2D eigenvalue weighted by Gasteiger charge is 2.51. The minimum absolute atomic E-state index is 0.242. The standard InChI is InChI=1S/4C19H21N5O3/c4*20-11-13-6-7-19(26-8-9-27-19)10-16(13)24-12-15(17(21)25)18(23-24)22-14-4-2-1-3-5-14/h4*1-5,12-13,16H,6-10H2,(H2,21,25)(H,22,23)/t4*13-,16?/m1111/s1. The number of primary amides is 4. The van der Waals surface area contributed by atoms with Crippen molar-refractivity contribution in [1.29, 1.82) is 21.0 Å². The first-order chi connectivity index (χ1) is 52.4. The first kappa shape index (κ1) is 74.7. The Balaban J connectivity index is 0.000000127. The van der Waals surface area contributed by atoms with Crippen molar-refractivity contribution in [3.8, 4) is 24.3 Å². The van der Waals surface area contributed by atoms with Gasteiger partial charge in [-0.15, -0.1) is 0 Å². The highest BCUT2D eigenvalue weighted by molar-refractivity contribution is 6.00.